The molecule has 7 nitrogen and oxygen atoms in total. The van der Waals surface area contributed by atoms with Crippen molar-refractivity contribution in [3.63, 3.8) is 0 Å². The summed E-state index contributed by atoms with van der Waals surface area (Å²) < 4.78 is 26.7. The van der Waals surface area contributed by atoms with E-state index >= 15 is 0 Å². The summed E-state index contributed by atoms with van der Waals surface area (Å²) in [5.74, 6) is 0. The maximum absolute atomic E-state index is 12.1. The average Bonchev–Trinajstić information content (AvgIpc) is 2.53. The van der Waals surface area contributed by atoms with Crippen LogP contribution in [0.25, 0.3) is 0 Å². The number of nitrogens with one attached hydrogen (secondary N) is 1. The number of nitrogens with zero attached hydrogens (tertiary/aromatic N) is 1. The second-order valence-electron chi connectivity index (χ2n) is 4.60. The summed E-state index contributed by atoms with van der Waals surface area (Å²) in [6.45, 7) is 0.496. The Kier molecular flexibility index (Phi) is 4.86. The Bertz CT molecular complexity index is 773. The van der Waals surface area contributed by atoms with Gasteiger partial charge in [0, 0.05) is 25.2 Å². The van der Waals surface area contributed by atoms with Crippen molar-refractivity contribution >= 4 is 15.7 Å². The zero-order chi connectivity index (χ0) is 16.2. The zero-order valence-corrected chi connectivity index (χ0v) is 12.4. The van der Waals surface area contributed by atoms with Crippen LogP contribution in [0.4, 0.5) is 5.69 Å². The normalized spacial score (nSPS) is 11.3. The summed E-state index contributed by atoms with van der Waals surface area (Å²) in [4.78, 5) is 9.96. The van der Waals surface area contributed by atoms with Gasteiger partial charge in [0.05, 0.1) is 9.82 Å². The summed E-state index contributed by atoms with van der Waals surface area (Å²) in [6.07, 6.45) is 0. The standard InChI is InChI=1S/C14H15N3O4S/c15-9-11-2-1-3-12(8-11)10-16-22(20,21)14-6-4-13(5-7-14)17(18)19/h1-8,16H,9-10,15H2. The second-order valence-corrected chi connectivity index (χ2v) is 6.37. The van der Waals surface area contributed by atoms with E-state index < -0.39 is 14.9 Å². The Hall–Kier alpha value is -2.29. The Labute approximate surface area is 128 Å². The minimum absolute atomic E-state index is 0.0203. The van der Waals surface area contributed by atoms with E-state index in [0.29, 0.717) is 6.54 Å². The molecule has 0 saturated heterocycles. The van der Waals surface area contributed by atoms with Crippen LogP contribution in [0.5, 0.6) is 0 Å². The van der Waals surface area contributed by atoms with Gasteiger partial charge in [0.2, 0.25) is 10.0 Å². The number of hydrogen-bond donors (Lipinski definition) is 2. The first-order valence-corrected chi connectivity index (χ1v) is 7.93. The molecule has 0 spiro atoms. The highest BCUT2D eigenvalue weighted by molar-refractivity contribution is 7.89. The van der Waals surface area contributed by atoms with Crippen LogP contribution in [0, 0.1) is 10.1 Å². The lowest BCUT2D eigenvalue weighted by Crippen LogP contribution is -2.23. The van der Waals surface area contributed by atoms with Gasteiger partial charge in [-0.1, -0.05) is 24.3 Å². The highest BCUT2D eigenvalue weighted by atomic mass is 32.2. The molecule has 0 atom stereocenters. The quantitative estimate of drug-likeness (QED) is 0.618. The molecule has 0 aliphatic heterocycles. The minimum Gasteiger partial charge on any atom is -0.326 e. The molecule has 2 aromatic rings. The Morgan fingerprint density at radius 2 is 1.73 bits per heavy atom. The van der Waals surface area contributed by atoms with Crippen molar-refractivity contribution < 1.29 is 13.3 Å². The minimum atomic E-state index is -3.72. The molecule has 0 aromatic heterocycles. The van der Waals surface area contributed by atoms with E-state index in [4.69, 9.17) is 5.73 Å². The highest BCUT2D eigenvalue weighted by Crippen LogP contribution is 2.16. The first-order valence-electron chi connectivity index (χ1n) is 6.44. The Morgan fingerprint density at radius 1 is 1.09 bits per heavy atom. The number of rotatable bonds is 6. The molecule has 2 rings (SSSR count). The Morgan fingerprint density at radius 3 is 2.32 bits per heavy atom. The van der Waals surface area contributed by atoms with Gasteiger partial charge in [-0.3, -0.25) is 10.1 Å². The molecule has 3 N–H and O–H groups in total. The molecule has 0 unspecified atom stereocenters. The third-order valence-electron chi connectivity index (χ3n) is 3.05. The van der Waals surface area contributed by atoms with E-state index in [2.05, 4.69) is 4.72 Å². The second kappa shape index (κ2) is 6.65. The predicted molar refractivity (Wildman–Crippen MR) is 81.5 cm³/mol. The molecule has 0 bridgehead atoms. The topological polar surface area (TPSA) is 115 Å². The predicted octanol–water partition coefficient (Wildman–Crippen LogP) is 1.53. The number of nitro groups is 1. The number of nitrogens with two attached hydrogens (primary N) is 1. The fourth-order valence-corrected chi connectivity index (χ4v) is 2.89. The van der Waals surface area contributed by atoms with Crippen molar-refractivity contribution in [2.75, 3.05) is 0 Å². The van der Waals surface area contributed by atoms with Crippen LogP contribution in [0.2, 0.25) is 0 Å². The molecule has 0 heterocycles. The van der Waals surface area contributed by atoms with Crippen LogP contribution in [0.3, 0.4) is 0 Å². The van der Waals surface area contributed by atoms with Crippen molar-refractivity contribution in [1.29, 1.82) is 0 Å². The van der Waals surface area contributed by atoms with Crippen LogP contribution in [0.1, 0.15) is 11.1 Å². The van der Waals surface area contributed by atoms with Crippen molar-refractivity contribution in [3.05, 3.63) is 69.8 Å². The zero-order valence-electron chi connectivity index (χ0n) is 11.6. The van der Waals surface area contributed by atoms with Gasteiger partial charge in [-0.25, -0.2) is 13.1 Å². The lowest BCUT2D eigenvalue weighted by molar-refractivity contribution is -0.384. The van der Waals surface area contributed by atoms with Crippen LogP contribution >= 0.6 is 0 Å². The summed E-state index contributed by atoms with van der Waals surface area (Å²) >= 11 is 0. The maximum Gasteiger partial charge on any atom is 0.269 e. The molecule has 0 aliphatic rings. The van der Waals surface area contributed by atoms with Gasteiger partial charge in [0.15, 0.2) is 0 Å². The number of hydrogen-bond acceptors (Lipinski definition) is 5. The van der Waals surface area contributed by atoms with Crippen LogP contribution in [-0.2, 0) is 23.1 Å². The van der Waals surface area contributed by atoms with Gasteiger partial charge in [-0.05, 0) is 23.3 Å². The summed E-state index contributed by atoms with van der Waals surface area (Å²) in [5.41, 5.74) is 7.07. The van der Waals surface area contributed by atoms with E-state index in [0.717, 1.165) is 23.3 Å². The SMILES string of the molecule is NCc1cccc(CNS(=O)(=O)c2ccc([N+](=O)[O-])cc2)c1. The molecular weight excluding hydrogens is 306 g/mol. The first-order chi connectivity index (χ1) is 10.4. The van der Waals surface area contributed by atoms with E-state index in [9.17, 15) is 18.5 Å². The van der Waals surface area contributed by atoms with Crippen molar-refractivity contribution in [2.45, 2.75) is 18.0 Å². The number of nitro benzene ring substituents is 1. The molecule has 22 heavy (non-hydrogen) atoms. The third kappa shape index (κ3) is 3.88. The lowest BCUT2D eigenvalue weighted by Gasteiger charge is -2.08. The van der Waals surface area contributed by atoms with Gasteiger partial charge >= 0.3 is 0 Å². The molecule has 0 radical (unpaired) electrons. The third-order valence-corrected chi connectivity index (χ3v) is 4.47. The fraction of sp³-hybridized carbons (Fsp3) is 0.143. The Balaban J connectivity index is 2.11. The largest absolute Gasteiger partial charge is 0.326 e. The van der Waals surface area contributed by atoms with Crippen LogP contribution in [-0.4, -0.2) is 13.3 Å². The maximum atomic E-state index is 12.1. The molecule has 8 heteroatoms. The van der Waals surface area contributed by atoms with Gasteiger partial charge in [-0.15, -0.1) is 0 Å². The first kappa shape index (κ1) is 16.1. The fourth-order valence-electron chi connectivity index (χ4n) is 1.88. The van der Waals surface area contributed by atoms with Gasteiger partial charge in [0.1, 0.15) is 0 Å². The van der Waals surface area contributed by atoms with E-state index in [1.807, 2.05) is 12.1 Å². The van der Waals surface area contributed by atoms with Crippen LogP contribution in [0.15, 0.2) is 53.4 Å². The number of sulfonamides is 1. The molecule has 2 aromatic carbocycles. The van der Waals surface area contributed by atoms with Crippen molar-refractivity contribution in [1.82, 2.24) is 4.72 Å². The molecular formula is C14H15N3O4S. The molecule has 0 fully saturated rings. The van der Waals surface area contributed by atoms with Crippen molar-refractivity contribution in [3.8, 4) is 0 Å². The lowest BCUT2D eigenvalue weighted by atomic mass is 10.1. The summed E-state index contributed by atoms with van der Waals surface area (Å²) in [6, 6.07) is 12.0. The molecule has 0 saturated carbocycles. The number of non-ortho nitro benzene ring substituents is 1. The molecule has 0 aliphatic carbocycles. The highest BCUT2D eigenvalue weighted by Gasteiger charge is 2.15. The smallest absolute Gasteiger partial charge is 0.269 e. The average molecular weight is 321 g/mol. The summed E-state index contributed by atoms with van der Waals surface area (Å²) in [7, 11) is -3.72. The van der Waals surface area contributed by atoms with Crippen LogP contribution < -0.4 is 10.5 Å². The van der Waals surface area contributed by atoms with Gasteiger partial charge in [0.25, 0.3) is 5.69 Å². The van der Waals surface area contributed by atoms with E-state index in [1.165, 1.54) is 12.1 Å². The van der Waals surface area contributed by atoms with Crippen molar-refractivity contribution in [2.24, 2.45) is 5.73 Å². The van der Waals surface area contributed by atoms with E-state index in [1.54, 1.807) is 12.1 Å². The van der Waals surface area contributed by atoms with Gasteiger partial charge in [-0.2, -0.15) is 0 Å². The van der Waals surface area contributed by atoms with E-state index in [-0.39, 0.29) is 17.1 Å². The van der Waals surface area contributed by atoms with Gasteiger partial charge < -0.3 is 5.73 Å². The molecule has 116 valence electrons. The molecule has 0 amide bonds. The number of benzene rings is 2. The monoisotopic (exact) mass is 321 g/mol. The summed E-state index contributed by atoms with van der Waals surface area (Å²) in [5, 5.41) is 10.6.